The highest BCUT2D eigenvalue weighted by molar-refractivity contribution is 7.95. The minimum atomic E-state index is -4.03. The third-order valence-electron chi connectivity index (χ3n) is 3.38. The lowest BCUT2D eigenvalue weighted by molar-refractivity contribution is -0.119. The quantitative estimate of drug-likeness (QED) is 0.794. The van der Waals surface area contributed by atoms with Gasteiger partial charge in [0, 0.05) is 12.5 Å². The highest BCUT2D eigenvalue weighted by atomic mass is 32.3. The van der Waals surface area contributed by atoms with E-state index in [0.717, 1.165) is 0 Å². The summed E-state index contributed by atoms with van der Waals surface area (Å²) in [6, 6.07) is 0.766. The Hall–Kier alpha value is -0.970. The van der Waals surface area contributed by atoms with Crippen molar-refractivity contribution < 1.29 is 25.8 Å². The van der Waals surface area contributed by atoms with Crippen molar-refractivity contribution in [3.05, 3.63) is 11.6 Å². The largest absolute Gasteiger partial charge is 0.349 e. The molecule has 1 aliphatic heterocycles. The smallest absolute Gasteiger partial charge is 0.306 e. The normalized spacial score (nSPS) is 23.5. The van der Waals surface area contributed by atoms with E-state index in [4.69, 9.17) is 4.18 Å². The molecule has 1 aliphatic rings. The van der Waals surface area contributed by atoms with Crippen LogP contribution < -0.4 is 5.32 Å². The predicted octanol–water partition coefficient (Wildman–Crippen LogP) is 1.60. The zero-order valence-electron chi connectivity index (χ0n) is 13.2. The van der Waals surface area contributed by atoms with Crippen molar-refractivity contribution in [3.63, 3.8) is 0 Å². The topological polar surface area (TPSA) is 107 Å². The first-order valence-electron chi connectivity index (χ1n) is 7.03. The Morgan fingerprint density at radius 2 is 2.04 bits per heavy atom. The number of nitrogens with one attached hydrogen (secondary N) is 1. The maximum Gasteiger partial charge on any atom is 0.306 e. The van der Waals surface area contributed by atoms with E-state index in [1.807, 2.05) is 0 Å². The van der Waals surface area contributed by atoms with Gasteiger partial charge in [0.15, 0.2) is 9.84 Å². The molecule has 0 unspecified atom stereocenters. The third kappa shape index (κ3) is 3.59. The summed E-state index contributed by atoms with van der Waals surface area (Å²) in [5.74, 6) is -0.304. The summed E-state index contributed by atoms with van der Waals surface area (Å²) in [4.78, 5) is 11.3. The highest BCUT2D eigenvalue weighted by Crippen LogP contribution is 2.43. The van der Waals surface area contributed by atoms with Crippen LogP contribution in [0.4, 0.5) is 0 Å². The Labute approximate surface area is 140 Å². The summed E-state index contributed by atoms with van der Waals surface area (Å²) >= 11 is 0.674. The van der Waals surface area contributed by atoms with Gasteiger partial charge in [-0.2, -0.15) is 8.42 Å². The molecule has 130 valence electrons. The number of hydrogen-bond acceptors (Lipinski definition) is 7. The molecule has 23 heavy (non-hydrogen) atoms. The van der Waals surface area contributed by atoms with Crippen LogP contribution >= 0.6 is 11.3 Å². The van der Waals surface area contributed by atoms with Crippen molar-refractivity contribution in [2.24, 2.45) is 0 Å². The fourth-order valence-corrected chi connectivity index (χ4v) is 7.47. The van der Waals surface area contributed by atoms with E-state index >= 15 is 0 Å². The van der Waals surface area contributed by atoms with Crippen molar-refractivity contribution in [1.29, 1.82) is 0 Å². The number of carbonyl (C=O) groups excluding carboxylic acids is 1. The molecule has 0 radical (unpaired) electrons. The standard InChI is InChI=1S/C13H19NO6S3/c1-7(2)20-23(18,19)12-6-10-11(14-9(4)15)5-8(3)22(16,17)13(10)21-12/h6-8,11H,5H2,1-4H3,(H,14,15)/t8-,11-/m0/s1. The Kier molecular flexibility index (Phi) is 4.91. The van der Waals surface area contributed by atoms with E-state index in [9.17, 15) is 21.6 Å². The van der Waals surface area contributed by atoms with Crippen LogP contribution in [0.3, 0.4) is 0 Å². The number of carbonyl (C=O) groups is 1. The van der Waals surface area contributed by atoms with Gasteiger partial charge in [0.05, 0.1) is 17.4 Å². The summed E-state index contributed by atoms with van der Waals surface area (Å²) in [5.41, 5.74) is 0.314. The van der Waals surface area contributed by atoms with Gasteiger partial charge in [-0.3, -0.25) is 8.98 Å². The van der Waals surface area contributed by atoms with Crippen molar-refractivity contribution >= 4 is 37.2 Å². The Morgan fingerprint density at radius 1 is 1.43 bits per heavy atom. The fourth-order valence-electron chi connectivity index (χ4n) is 2.41. The lowest BCUT2D eigenvalue weighted by Gasteiger charge is -2.27. The molecular formula is C13H19NO6S3. The summed E-state index contributed by atoms with van der Waals surface area (Å²) in [5, 5.41) is 1.98. The lowest BCUT2D eigenvalue weighted by Crippen LogP contribution is -2.35. The highest BCUT2D eigenvalue weighted by Gasteiger charge is 2.40. The number of thiophene rings is 1. The number of amides is 1. The van der Waals surface area contributed by atoms with Gasteiger partial charge in [-0.25, -0.2) is 8.42 Å². The number of rotatable bonds is 4. The maximum atomic E-state index is 12.5. The minimum Gasteiger partial charge on any atom is -0.349 e. The number of sulfone groups is 1. The van der Waals surface area contributed by atoms with Crippen molar-refractivity contribution in [3.8, 4) is 0 Å². The van der Waals surface area contributed by atoms with Crippen LogP contribution in [-0.2, 0) is 28.9 Å². The molecule has 1 aromatic rings. The van der Waals surface area contributed by atoms with E-state index < -0.39 is 37.4 Å². The SMILES string of the molecule is CC(=O)N[C@H]1C[C@H](C)S(=O)(=O)c2sc(S(=O)(=O)OC(C)C)cc21. The second-order valence-electron chi connectivity index (χ2n) is 5.75. The molecule has 0 spiro atoms. The zero-order chi connectivity index (χ0) is 17.6. The molecule has 2 heterocycles. The van der Waals surface area contributed by atoms with E-state index in [1.54, 1.807) is 20.8 Å². The molecule has 10 heteroatoms. The van der Waals surface area contributed by atoms with Crippen LogP contribution in [0.2, 0.25) is 0 Å². The molecule has 0 fully saturated rings. The van der Waals surface area contributed by atoms with Crippen LogP contribution in [-0.4, -0.2) is 34.1 Å². The molecular weight excluding hydrogens is 362 g/mol. The van der Waals surface area contributed by atoms with Gasteiger partial charge in [0.1, 0.15) is 8.42 Å². The van der Waals surface area contributed by atoms with Crippen molar-refractivity contribution in [1.82, 2.24) is 5.32 Å². The molecule has 1 aromatic heterocycles. The van der Waals surface area contributed by atoms with E-state index in [1.165, 1.54) is 13.0 Å². The van der Waals surface area contributed by atoms with E-state index in [2.05, 4.69) is 5.32 Å². The summed E-state index contributed by atoms with van der Waals surface area (Å²) in [7, 11) is -7.64. The molecule has 2 rings (SSSR count). The van der Waals surface area contributed by atoms with Crippen molar-refractivity contribution in [2.45, 2.75) is 59.9 Å². The van der Waals surface area contributed by atoms with Gasteiger partial charge in [-0.15, -0.1) is 11.3 Å². The van der Waals surface area contributed by atoms with E-state index in [-0.39, 0.29) is 20.7 Å². The predicted molar refractivity (Wildman–Crippen MR) is 85.5 cm³/mol. The summed E-state index contributed by atoms with van der Waals surface area (Å²) in [6.45, 7) is 6.03. The van der Waals surface area contributed by atoms with Crippen LogP contribution in [0.1, 0.15) is 45.7 Å². The Bertz CT molecular complexity index is 822. The second-order valence-corrected chi connectivity index (χ2v) is 11.2. The minimum absolute atomic E-state index is 0.0130. The van der Waals surface area contributed by atoms with Crippen molar-refractivity contribution in [2.75, 3.05) is 0 Å². The Balaban J connectivity index is 2.57. The van der Waals surface area contributed by atoms with Gasteiger partial charge >= 0.3 is 10.1 Å². The summed E-state index contributed by atoms with van der Waals surface area (Å²) in [6.07, 6.45) is -0.350. The molecule has 0 saturated heterocycles. The summed E-state index contributed by atoms with van der Waals surface area (Å²) < 4.78 is 54.0. The first-order chi connectivity index (χ1) is 10.4. The lowest BCUT2D eigenvalue weighted by atomic mass is 10.1. The second kappa shape index (κ2) is 6.15. The number of fused-ring (bicyclic) bond motifs is 1. The van der Waals surface area contributed by atoms with Gasteiger partial charge in [0.2, 0.25) is 5.91 Å². The average molecular weight is 381 g/mol. The average Bonchev–Trinajstić information content (AvgIpc) is 2.81. The molecule has 0 aliphatic carbocycles. The fraction of sp³-hybridized carbons (Fsp3) is 0.615. The van der Waals surface area contributed by atoms with E-state index in [0.29, 0.717) is 16.9 Å². The van der Waals surface area contributed by atoms with Crippen LogP contribution in [0.25, 0.3) is 0 Å². The van der Waals surface area contributed by atoms with Gasteiger partial charge < -0.3 is 5.32 Å². The number of hydrogen-bond donors (Lipinski definition) is 1. The zero-order valence-corrected chi connectivity index (χ0v) is 15.6. The molecule has 0 aromatic carbocycles. The molecule has 2 atom stereocenters. The molecule has 7 nitrogen and oxygen atoms in total. The first kappa shape index (κ1) is 18.4. The molecule has 1 amide bonds. The Morgan fingerprint density at radius 3 is 2.57 bits per heavy atom. The van der Waals surface area contributed by atoms with Gasteiger partial charge in [-0.1, -0.05) is 0 Å². The van der Waals surface area contributed by atoms with Gasteiger partial charge in [-0.05, 0) is 33.3 Å². The van der Waals surface area contributed by atoms with Crippen LogP contribution in [0.5, 0.6) is 0 Å². The maximum absolute atomic E-state index is 12.5. The van der Waals surface area contributed by atoms with Crippen LogP contribution in [0.15, 0.2) is 14.5 Å². The van der Waals surface area contributed by atoms with Gasteiger partial charge in [0.25, 0.3) is 0 Å². The molecule has 1 N–H and O–H groups in total. The third-order valence-corrected chi connectivity index (χ3v) is 9.18. The first-order valence-corrected chi connectivity index (χ1v) is 10.8. The molecule has 0 bridgehead atoms. The molecule has 0 saturated carbocycles. The monoisotopic (exact) mass is 381 g/mol. The van der Waals surface area contributed by atoms with Crippen LogP contribution in [0, 0.1) is 0 Å².